The van der Waals surface area contributed by atoms with Crippen molar-refractivity contribution in [3.05, 3.63) is 28.2 Å². The Kier molecular flexibility index (Phi) is 5.75. The van der Waals surface area contributed by atoms with Crippen LogP contribution in [0.25, 0.3) is 0 Å². The zero-order chi connectivity index (χ0) is 14.6. The van der Waals surface area contributed by atoms with Gasteiger partial charge in [-0.1, -0.05) is 28.1 Å². The minimum absolute atomic E-state index is 0.00218. The highest BCUT2D eigenvalue weighted by Gasteiger charge is 2.22. The standard InChI is InChI=1S/C13H17BrN2O2S/c1-8(2)16(7-12(15)19)13(17)10-5-4-9(14)6-11(10)18-3/h4-6,8H,7H2,1-3H3,(H2,15,19). The molecule has 0 atom stereocenters. The molecule has 0 radical (unpaired) electrons. The number of thiocarbonyl (C=S) groups is 1. The zero-order valence-corrected chi connectivity index (χ0v) is 13.5. The van der Waals surface area contributed by atoms with Crippen LogP contribution in [0.4, 0.5) is 0 Å². The Hall–Kier alpha value is -1.14. The molecule has 1 aromatic carbocycles. The Morgan fingerprint density at radius 2 is 2.16 bits per heavy atom. The fourth-order valence-electron chi connectivity index (χ4n) is 1.65. The summed E-state index contributed by atoms with van der Waals surface area (Å²) in [4.78, 5) is 14.4. The molecule has 0 heterocycles. The van der Waals surface area contributed by atoms with Crippen molar-refractivity contribution in [1.29, 1.82) is 0 Å². The van der Waals surface area contributed by atoms with Crippen molar-refractivity contribution in [3.8, 4) is 5.75 Å². The van der Waals surface area contributed by atoms with Crippen molar-refractivity contribution in [2.24, 2.45) is 5.73 Å². The van der Waals surface area contributed by atoms with Gasteiger partial charge in [-0.2, -0.15) is 0 Å². The second-order valence-corrected chi connectivity index (χ2v) is 5.78. The van der Waals surface area contributed by atoms with Crippen LogP contribution < -0.4 is 10.5 Å². The minimum atomic E-state index is -0.146. The third kappa shape index (κ3) is 4.18. The van der Waals surface area contributed by atoms with Crippen molar-refractivity contribution >= 4 is 39.0 Å². The van der Waals surface area contributed by atoms with Crippen LogP contribution in [0.15, 0.2) is 22.7 Å². The number of rotatable bonds is 5. The van der Waals surface area contributed by atoms with E-state index < -0.39 is 0 Å². The summed E-state index contributed by atoms with van der Waals surface area (Å²) in [6.45, 7) is 4.09. The average molecular weight is 345 g/mol. The molecule has 2 N–H and O–H groups in total. The first kappa shape index (κ1) is 15.9. The van der Waals surface area contributed by atoms with Gasteiger partial charge < -0.3 is 15.4 Å². The number of hydrogen-bond donors (Lipinski definition) is 1. The smallest absolute Gasteiger partial charge is 0.258 e. The van der Waals surface area contributed by atoms with Crippen molar-refractivity contribution in [1.82, 2.24) is 4.90 Å². The lowest BCUT2D eigenvalue weighted by molar-refractivity contribution is 0.0733. The van der Waals surface area contributed by atoms with E-state index in [1.807, 2.05) is 13.8 Å². The molecule has 19 heavy (non-hydrogen) atoms. The number of methoxy groups -OCH3 is 1. The lowest BCUT2D eigenvalue weighted by atomic mass is 10.1. The average Bonchev–Trinajstić information content (AvgIpc) is 2.34. The topological polar surface area (TPSA) is 55.6 Å². The summed E-state index contributed by atoms with van der Waals surface area (Å²) in [6, 6.07) is 5.28. The van der Waals surface area contributed by atoms with Crippen LogP contribution in [0.3, 0.4) is 0 Å². The van der Waals surface area contributed by atoms with Gasteiger partial charge in [0.15, 0.2) is 0 Å². The molecule has 4 nitrogen and oxygen atoms in total. The Bertz CT molecular complexity index is 492. The number of benzene rings is 1. The fraction of sp³-hybridized carbons (Fsp3) is 0.385. The number of amides is 1. The molecule has 0 aromatic heterocycles. The Balaban J connectivity index is 3.12. The van der Waals surface area contributed by atoms with E-state index in [0.717, 1.165) is 4.47 Å². The van der Waals surface area contributed by atoms with E-state index in [1.54, 1.807) is 23.1 Å². The van der Waals surface area contributed by atoms with Crippen LogP contribution >= 0.6 is 28.1 Å². The minimum Gasteiger partial charge on any atom is -0.496 e. The molecule has 104 valence electrons. The molecule has 0 aliphatic carbocycles. The third-order valence-electron chi connectivity index (χ3n) is 2.60. The summed E-state index contributed by atoms with van der Waals surface area (Å²) in [5, 5.41) is 0. The summed E-state index contributed by atoms with van der Waals surface area (Å²) < 4.78 is 6.09. The van der Waals surface area contributed by atoms with Crippen molar-refractivity contribution in [2.45, 2.75) is 19.9 Å². The van der Waals surface area contributed by atoms with E-state index >= 15 is 0 Å². The maximum atomic E-state index is 12.5. The van der Waals surface area contributed by atoms with Crippen molar-refractivity contribution < 1.29 is 9.53 Å². The molecule has 0 aliphatic rings. The van der Waals surface area contributed by atoms with E-state index in [9.17, 15) is 4.79 Å². The number of ether oxygens (including phenoxy) is 1. The lowest BCUT2D eigenvalue weighted by Gasteiger charge is -2.27. The lowest BCUT2D eigenvalue weighted by Crippen LogP contribution is -2.42. The SMILES string of the molecule is COc1cc(Br)ccc1C(=O)N(CC(N)=S)C(C)C. The van der Waals surface area contributed by atoms with E-state index in [2.05, 4.69) is 15.9 Å². The van der Waals surface area contributed by atoms with Gasteiger partial charge in [0, 0.05) is 10.5 Å². The molecule has 0 unspecified atom stereocenters. The highest BCUT2D eigenvalue weighted by molar-refractivity contribution is 9.10. The molecule has 0 aliphatic heterocycles. The molecule has 1 aromatic rings. The van der Waals surface area contributed by atoms with Crippen LogP contribution in [-0.2, 0) is 0 Å². The second-order valence-electron chi connectivity index (χ2n) is 4.34. The van der Waals surface area contributed by atoms with Gasteiger partial charge in [0.2, 0.25) is 0 Å². The second kappa shape index (κ2) is 6.86. The van der Waals surface area contributed by atoms with Crippen LogP contribution in [0.2, 0.25) is 0 Å². The quantitative estimate of drug-likeness (QED) is 0.834. The predicted octanol–water partition coefficient (Wildman–Crippen LogP) is 2.59. The predicted molar refractivity (Wildman–Crippen MR) is 83.7 cm³/mol. The molecule has 1 rings (SSSR count). The summed E-state index contributed by atoms with van der Waals surface area (Å²) in [5.41, 5.74) is 6.04. The van der Waals surface area contributed by atoms with Gasteiger partial charge in [-0.15, -0.1) is 0 Å². The van der Waals surface area contributed by atoms with E-state index in [1.165, 1.54) is 7.11 Å². The Morgan fingerprint density at radius 1 is 1.53 bits per heavy atom. The van der Waals surface area contributed by atoms with E-state index in [4.69, 9.17) is 22.7 Å². The van der Waals surface area contributed by atoms with E-state index in [0.29, 0.717) is 11.3 Å². The van der Waals surface area contributed by atoms with Crippen LogP contribution in [-0.4, -0.2) is 35.5 Å². The molecule has 0 spiro atoms. The highest BCUT2D eigenvalue weighted by Crippen LogP contribution is 2.25. The number of halogens is 1. The number of carbonyl (C=O) groups is 1. The monoisotopic (exact) mass is 344 g/mol. The summed E-state index contributed by atoms with van der Waals surface area (Å²) in [5.74, 6) is 0.375. The van der Waals surface area contributed by atoms with Gasteiger partial charge in [-0.25, -0.2) is 0 Å². The fourth-order valence-corrected chi connectivity index (χ4v) is 2.13. The van der Waals surface area contributed by atoms with Crippen LogP contribution in [0.1, 0.15) is 24.2 Å². The molecular weight excluding hydrogens is 328 g/mol. The summed E-state index contributed by atoms with van der Waals surface area (Å²) in [6.07, 6.45) is 0. The third-order valence-corrected chi connectivity index (χ3v) is 3.23. The summed E-state index contributed by atoms with van der Waals surface area (Å²) >= 11 is 8.23. The number of nitrogens with zero attached hydrogens (tertiary/aromatic N) is 1. The highest BCUT2D eigenvalue weighted by atomic mass is 79.9. The normalized spacial score (nSPS) is 10.4. The van der Waals surface area contributed by atoms with Crippen LogP contribution in [0, 0.1) is 0 Å². The number of hydrogen-bond acceptors (Lipinski definition) is 3. The maximum absolute atomic E-state index is 12.5. The number of carbonyl (C=O) groups excluding carboxylic acids is 1. The van der Waals surface area contributed by atoms with Gasteiger partial charge >= 0.3 is 0 Å². The van der Waals surface area contributed by atoms with Crippen molar-refractivity contribution in [3.63, 3.8) is 0 Å². The van der Waals surface area contributed by atoms with Crippen LogP contribution in [0.5, 0.6) is 5.75 Å². The molecule has 0 bridgehead atoms. The van der Waals surface area contributed by atoms with Gasteiger partial charge in [0.1, 0.15) is 5.75 Å². The largest absolute Gasteiger partial charge is 0.496 e. The molecule has 1 amide bonds. The maximum Gasteiger partial charge on any atom is 0.258 e. The Morgan fingerprint density at radius 3 is 2.63 bits per heavy atom. The Labute approximate surface area is 127 Å². The molecule has 6 heteroatoms. The molecule has 0 saturated carbocycles. The molecule has 0 saturated heterocycles. The van der Waals surface area contributed by atoms with Gasteiger partial charge in [0.25, 0.3) is 5.91 Å². The first-order valence-electron chi connectivity index (χ1n) is 5.79. The van der Waals surface area contributed by atoms with Crippen molar-refractivity contribution in [2.75, 3.05) is 13.7 Å². The first-order chi connectivity index (χ1) is 8.86. The number of nitrogens with two attached hydrogens (primary N) is 1. The van der Waals surface area contributed by atoms with Gasteiger partial charge in [-0.3, -0.25) is 4.79 Å². The first-order valence-corrected chi connectivity index (χ1v) is 6.99. The van der Waals surface area contributed by atoms with E-state index in [-0.39, 0.29) is 23.5 Å². The van der Waals surface area contributed by atoms with Gasteiger partial charge in [0.05, 0.1) is 24.2 Å². The summed E-state index contributed by atoms with van der Waals surface area (Å²) in [7, 11) is 1.53. The van der Waals surface area contributed by atoms with Gasteiger partial charge in [-0.05, 0) is 32.0 Å². The molecular formula is C13H17BrN2O2S. The molecule has 0 fully saturated rings. The zero-order valence-electron chi connectivity index (χ0n) is 11.1.